The molecule has 8 nitrogen and oxygen atoms in total. The fourth-order valence-corrected chi connectivity index (χ4v) is 4.89. The van der Waals surface area contributed by atoms with Crippen LogP contribution < -0.4 is 9.47 Å². The van der Waals surface area contributed by atoms with Crippen LogP contribution >= 0.6 is 39.3 Å². The van der Waals surface area contributed by atoms with Gasteiger partial charge in [-0.2, -0.15) is 0 Å². The van der Waals surface area contributed by atoms with E-state index in [0.717, 1.165) is 22.2 Å². The van der Waals surface area contributed by atoms with Gasteiger partial charge >= 0.3 is 0 Å². The van der Waals surface area contributed by atoms with Crippen molar-refractivity contribution in [3.8, 4) is 11.5 Å². The Bertz CT molecular complexity index is 1170. The molecular weight excluding hydrogens is 560 g/mol. The van der Waals surface area contributed by atoms with Crippen LogP contribution in [0.1, 0.15) is 11.1 Å². The van der Waals surface area contributed by atoms with E-state index in [1.807, 2.05) is 12.1 Å². The summed E-state index contributed by atoms with van der Waals surface area (Å²) in [6.45, 7) is 1.82. The zero-order valence-electron chi connectivity index (χ0n) is 18.8. The summed E-state index contributed by atoms with van der Waals surface area (Å²) in [4.78, 5) is 40.7. The Hall–Kier alpha value is -2.53. The molecule has 2 fully saturated rings. The highest BCUT2D eigenvalue weighted by atomic mass is 79.9. The third kappa shape index (κ3) is 6.19. The van der Waals surface area contributed by atoms with Crippen LogP contribution in [0.25, 0.3) is 6.08 Å². The van der Waals surface area contributed by atoms with Crippen LogP contribution in [0.5, 0.6) is 11.5 Å². The summed E-state index contributed by atoms with van der Waals surface area (Å²) in [7, 11) is 1.52. The van der Waals surface area contributed by atoms with Crippen LogP contribution in [0.4, 0.5) is 4.79 Å². The second kappa shape index (κ2) is 11.5. The lowest BCUT2D eigenvalue weighted by molar-refractivity contribution is -0.139. The molecule has 2 heterocycles. The molecule has 2 saturated heterocycles. The molecule has 2 aliphatic heterocycles. The third-order valence-corrected chi connectivity index (χ3v) is 7.25. The van der Waals surface area contributed by atoms with Crippen molar-refractivity contribution in [1.82, 2.24) is 9.80 Å². The lowest BCUT2D eigenvalue weighted by Gasteiger charge is -2.28. The molecule has 0 saturated carbocycles. The first-order valence-corrected chi connectivity index (χ1v) is 12.7. The molecule has 2 aromatic rings. The van der Waals surface area contributed by atoms with E-state index in [9.17, 15) is 14.4 Å². The summed E-state index contributed by atoms with van der Waals surface area (Å²) in [6.07, 6.45) is 1.60. The molecule has 0 unspecified atom stereocenters. The molecule has 11 heteroatoms. The van der Waals surface area contributed by atoms with Gasteiger partial charge in [0.15, 0.2) is 11.5 Å². The Balaban J connectivity index is 1.48. The SMILES string of the molecule is COc1cc(/C=C2/SC(=O)N(CC(=O)N3CCOCC3)C2=O)c(Br)cc1OCc1ccc(Cl)cc1. The number of ether oxygens (including phenoxy) is 3. The molecular formula is C24H22BrClN2O6S. The maximum Gasteiger partial charge on any atom is 0.294 e. The van der Waals surface area contributed by atoms with E-state index in [2.05, 4.69) is 15.9 Å². The Labute approximate surface area is 220 Å². The zero-order valence-corrected chi connectivity index (χ0v) is 22.0. The number of benzene rings is 2. The summed E-state index contributed by atoms with van der Waals surface area (Å²) in [5, 5.41) is 0.169. The smallest absolute Gasteiger partial charge is 0.294 e. The fraction of sp³-hybridized carbons (Fsp3) is 0.292. The maximum atomic E-state index is 12.9. The van der Waals surface area contributed by atoms with E-state index in [-0.39, 0.29) is 17.4 Å². The first-order valence-electron chi connectivity index (χ1n) is 10.7. The summed E-state index contributed by atoms with van der Waals surface area (Å²) in [5.41, 5.74) is 1.57. The molecule has 0 aliphatic carbocycles. The monoisotopic (exact) mass is 580 g/mol. The van der Waals surface area contributed by atoms with Gasteiger partial charge < -0.3 is 19.1 Å². The number of amides is 3. The number of hydrogen-bond acceptors (Lipinski definition) is 7. The van der Waals surface area contributed by atoms with Gasteiger partial charge in [0.05, 0.1) is 25.2 Å². The number of carbonyl (C=O) groups excluding carboxylic acids is 3. The number of morpholine rings is 1. The highest BCUT2D eigenvalue weighted by Gasteiger charge is 2.37. The van der Waals surface area contributed by atoms with E-state index < -0.39 is 11.1 Å². The molecule has 2 aromatic carbocycles. The highest BCUT2D eigenvalue weighted by molar-refractivity contribution is 9.10. The molecule has 35 heavy (non-hydrogen) atoms. The number of methoxy groups -OCH3 is 1. The van der Waals surface area contributed by atoms with Crippen LogP contribution in [-0.4, -0.2) is 66.8 Å². The van der Waals surface area contributed by atoms with Crippen LogP contribution in [0.2, 0.25) is 5.02 Å². The predicted molar refractivity (Wildman–Crippen MR) is 137 cm³/mol. The number of imide groups is 1. The van der Waals surface area contributed by atoms with Gasteiger partial charge in [-0.25, -0.2) is 0 Å². The van der Waals surface area contributed by atoms with E-state index in [0.29, 0.717) is 59.5 Å². The third-order valence-electron chi connectivity index (χ3n) is 5.41. The van der Waals surface area contributed by atoms with Crippen LogP contribution in [-0.2, 0) is 20.9 Å². The van der Waals surface area contributed by atoms with Crippen molar-refractivity contribution in [2.24, 2.45) is 0 Å². The first-order chi connectivity index (χ1) is 16.9. The van der Waals surface area contributed by atoms with E-state index >= 15 is 0 Å². The second-order valence-electron chi connectivity index (χ2n) is 7.70. The average Bonchev–Trinajstić information content (AvgIpc) is 3.12. The van der Waals surface area contributed by atoms with Crippen molar-refractivity contribution in [3.63, 3.8) is 0 Å². The summed E-state index contributed by atoms with van der Waals surface area (Å²) in [6, 6.07) is 10.8. The van der Waals surface area contributed by atoms with Gasteiger partial charge in [0.2, 0.25) is 5.91 Å². The lowest BCUT2D eigenvalue weighted by atomic mass is 10.1. The van der Waals surface area contributed by atoms with E-state index in [1.54, 1.807) is 35.2 Å². The molecule has 0 atom stereocenters. The summed E-state index contributed by atoms with van der Waals surface area (Å²) >= 11 is 10.2. The quantitative estimate of drug-likeness (QED) is 0.443. The van der Waals surface area contributed by atoms with Gasteiger partial charge in [-0.05, 0) is 53.2 Å². The van der Waals surface area contributed by atoms with Crippen LogP contribution in [0, 0.1) is 0 Å². The normalized spacial score (nSPS) is 17.3. The molecule has 0 N–H and O–H groups in total. The van der Waals surface area contributed by atoms with E-state index in [1.165, 1.54) is 7.11 Å². The van der Waals surface area contributed by atoms with Crippen molar-refractivity contribution in [1.29, 1.82) is 0 Å². The molecule has 4 rings (SSSR count). The first kappa shape index (κ1) is 25.6. The lowest BCUT2D eigenvalue weighted by Crippen LogP contribution is -2.46. The summed E-state index contributed by atoms with van der Waals surface area (Å²) in [5.74, 6) is 0.197. The van der Waals surface area contributed by atoms with Crippen LogP contribution in [0.3, 0.4) is 0 Å². The zero-order chi connectivity index (χ0) is 24.9. The van der Waals surface area contributed by atoms with Crippen molar-refractivity contribution < 1.29 is 28.6 Å². The largest absolute Gasteiger partial charge is 0.493 e. The number of rotatable bonds is 7. The highest BCUT2D eigenvalue weighted by Crippen LogP contribution is 2.38. The Morgan fingerprint density at radius 2 is 1.89 bits per heavy atom. The van der Waals surface area contributed by atoms with Gasteiger partial charge in [0.1, 0.15) is 13.2 Å². The van der Waals surface area contributed by atoms with Gasteiger partial charge in [0.25, 0.3) is 11.1 Å². The van der Waals surface area contributed by atoms with Crippen molar-refractivity contribution in [2.75, 3.05) is 40.0 Å². The van der Waals surface area contributed by atoms with Gasteiger partial charge in [-0.15, -0.1) is 0 Å². The number of thioether (sulfide) groups is 1. The van der Waals surface area contributed by atoms with Gasteiger partial charge in [-0.3, -0.25) is 19.3 Å². The Kier molecular flexibility index (Phi) is 8.38. The number of nitrogens with zero attached hydrogens (tertiary/aromatic N) is 2. The molecule has 0 bridgehead atoms. The minimum atomic E-state index is -0.504. The van der Waals surface area contributed by atoms with E-state index in [4.69, 9.17) is 25.8 Å². The minimum absolute atomic E-state index is 0.224. The molecule has 0 radical (unpaired) electrons. The predicted octanol–water partition coefficient (Wildman–Crippen LogP) is 4.59. The standard InChI is InChI=1S/C24H22BrClN2O6S/c1-32-19-10-16(18(25)12-20(19)34-14-15-2-4-17(26)5-3-15)11-21-23(30)28(24(31)35-21)13-22(29)27-6-8-33-9-7-27/h2-5,10-12H,6-9,13-14H2,1H3/b21-11+. The topological polar surface area (TPSA) is 85.4 Å². The second-order valence-corrected chi connectivity index (χ2v) is 9.98. The van der Waals surface area contributed by atoms with Crippen molar-refractivity contribution in [3.05, 3.63) is 61.9 Å². The Morgan fingerprint density at radius 1 is 1.17 bits per heavy atom. The van der Waals surface area contributed by atoms with Crippen molar-refractivity contribution >= 4 is 62.4 Å². The summed E-state index contributed by atoms with van der Waals surface area (Å²) < 4.78 is 17.3. The fourth-order valence-electron chi connectivity index (χ4n) is 3.50. The number of halogens is 2. The molecule has 2 aliphatic rings. The Morgan fingerprint density at radius 3 is 2.57 bits per heavy atom. The molecule has 3 amide bonds. The molecule has 0 spiro atoms. The molecule has 0 aromatic heterocycles. The van der Waals surface area contributed by atoms with Crippen molar-refractivity contribution in [2.45, 2.75) is 6.61 Å². The average molecular weight is 582 g/mol. The number of carbonyl (C=O) groups is 3. The number of hydrogen-bond donors (Lipinski definition) is 0. The molecule has 184 valence electrons. The van der Waals surface area contributed by atoms with Gasteiger partial charge in [-0.1, -0.05) is 39.7 Å². The van der Waals surface area contributed by atoms with Crippen LogP contribution in [0.15, 0.2) is 45.8 Å². The minimum Gasteiger partial charge on any atom is -0.493 e. The van der Waals surface area contributed by atoms with Gasteiger partial charge in [0, 0.05) is 22.6 Å². The maximum absolute atomic E-state index is 12.9.